The molecule has 2 atom stereocenters. The molecule has 1 saturated heterocycles. The summed E-state index contributed by atoms with van der Waals surface area (Å²) >= 11 is 0. The molecule has 0 saturated carbocycles. The molecular formula is C15H20O3. The molecule has 1 aromatic carbocycles. The minimum Gasteiger partial charge on any atom is -0.491 e. The first-order chi connectivity index (χ1) is 8.58. The quantitative estimate of drug-likeness (QED) is 0.768. The van der Waals surface area contributed by atoms with Crippen molar-refractivity contribution in [3.63, 3.8) is 0 Å². The van der Waals surface area contributed by atoms with Crippen LogP contribution in [0.5, 0.6) is 5.75 Å². The minimum atomic E-state index is -0.0145. The summed E-state index contributed by atoms with van der Waals surface area (Å²) < 4.78 is 11.1. The molecule has 3 heteroatoms. The minimum absolute atomic E-state index is 0.0145. The highest BCUT2D eigenvalue weighted by Gasteiger charge is 2.31. The van der Waals surface area contributed by atoms with E-state index in [1.807, 2.05) is 45.0 Å². The number of benzene rings is 1. The van der Waals surface area contributed by atoms with Gasteiger partial charge in [-0.2, -0.15) is 0 Å². The molecule has 98 valence electrons. The normalized spacial score (nSPS) is 23.3. The van der Waals surface area contributed by atoms with Crippen LogP contribution in [0.15, 0.2) is 24.3 Å². The molecule has 0 aliphatic carbocycles. The lowest BCUT2D eigenvalue weighted by atomic mass is 9.92. The smallest absolute Gasteiger partial charge is 0.168 e. The van der Waals surface area contributed by atoms with Crippen molar-refractivity contribution in [1.29, 1.82) is 0 Å². The van der Waals surface area contributed by atoms with Gasteiger partial charge in [0.05, 0.1) is 18.1 Å². The largest absolute Gasteiger partial charge is 0.491 e. The summed E-state index contributed by atoms with van der Waals surface area (Å²) in [4.78, 5) is 12.4. The number of hydrogen-bond donors (Lipinski definition) is 0. The Morgan fingerprint density at radius 1 is 1.44 bits per heavy atom. The molecule has 0 amide bonds. The first-order valence-electron chi connectivity index (χ1n) is 6.50. The average Bonchev–Trinajstić information content (AvgIpc) is 2.74. The molecule has 0 spiro atoms. The van der Waals surface area contributed by atoms with Gasteiger partial charge in [-0.1, -0.05) is 12.1 Å². The Kier molecular flexibility index (Phi) is 4.02. The van der Waals surface area contributed by atoms with E-state index in [1.165, 1.54) is 0 Å². The van der Waals surface area contributed by atoms with Crippen molar-refractivity contribution in [3.05, 3.63) is 29.8 Å². The molecule has 1 heterocycles. The predicted octanol–water partition coefficient (Wildman–Crippen LogP) is 3.08. The van der Waals surface area contributed by atoms with Gasteiger partial charge < -0.3 is 9.47 Å². The number of ketones is 1. The van der Waals surface area contributed by atoms with E-state index >= 15 is 0 Å². The van der Waals surface area contributed by atoms with Gasteiger partial charge in [0.15, 0.2) is 5.78 Å². The van der Waals surface area contributed by atoms with Crippen molar-refractivity contribution in [3.8, 4) is 5.75 Å². The maximum Gasteiger partial charge on any atom is 0.168 e. The number of hydrogen-bond acceptors (Lipinski definition) is 3. The van der Waals surface area contributed by atoms with E-state index in [2.05, 4.69) is 0 Å². The van der Waals surface area contributed by atoms with Crippen molar-refractivity contribution in [2.24, 2.45) is 5.92 Å². The lowest BCUT2D eigenvalue weighted by molar-refractivity contribution is 0.0763. The fourth-order valence-electron chi connectivity index (χ4n) is 2.28. The van der Waals surface area contributed by atoms with Gasteiger partial charge in [0.2, 0.25) is 0 Å². The fraction of sp³-hybridized carbons (Fsp3) is 0.533. The Labute approximate surface area is 108 Å². The van der Waals surface area contributed by atoms with Crippen LogP contribution < -0.4 is 4.74 Å². The monoisotopic (exact) mass is 248 g/mol. The zero-order valence-corrected chi connectivity index (χ0v) is 11.2. The van der Waals surface area contributed by atoms with Gasteiger partial charge in [-0.3, -0.25) is 4.79 Å². The number of Topliss-reactive ketones (excluding diaryl/α,β-unsaturated/α-hetero) is 1. The van der Waals surface area contributed by atoms with E-state index in [9.17, 15) is 4.79 Å². The van der Waals surface area contributed by atoms with E-state index < -0.39 is 0 Å². The Hall–Kier alpha value is -1.35. The second-order valence-corrected chi connectivity index (χ2v) is 5.03. The highest BCUT2D eigenvalue weighted by molar-refractivity contribution is 5.98. The first kappa shape index (κ1) is 13.1. The van der Waals surface area contributed by atoms with Crippen LogP contribution in [-0.2, 0) is 4.74 Å². The molecule has 1 aliphatic rings. The molecule has 0 aromatic heterocycles. The van der Waals surface area contributed by atoms with E-state index in [0.717, 1.165) is 17.7 Å². The Morgan fingerprint density at radius 3 is 2.83 bits per heavy atom. The molecule has 2 rings (SSSR count). The maximum absolute atomic E-state index is 12.4. The van der Waals surface area contributed by atoms with Crippen LogP contribution in [0.2, 0.25) is 0 Å². The summed E-state index contributed by atoms with van der Waals surface area (Å²) in [6.07, 6.45) is 0.950. The van der Waals surface area contributed by atoms with E-state index in [4.69, 9.17) is 9.47 Å². The van der Waals surface area contributed by atoms with Crippen LogP contribution in [0.4, 0.5) is 0 Å². The third kappa shape index (κ3) is 2.91. The summed E-state index contributed by atoms with van der Waals surface area (Å²) in [7, 11) is 0. The Bertz CT molecular complexity index is 426. The van der Waals surface area contributed by atoms with Crippen LogP contribution in [-0.4, -0.2) is 24.6 Å². The van der Waals surface area contributed by atoms with Crippen molar-refractivity contribution >= 4 is 5.78 Å². The first-order valence-corrected chi connectivity index (χ1v) is 6.50. The van der Waals surface area contributed by atoms with Gasteiger partial charge in [0.25, 0.3) is 0 Å². The molecule has 1 aromatic rings. The van der Waals surface area contributed by atoms with Gasteiger partial charge >= 0.3 is 0 Å². The maximum atomic E-state index is 12.4. The Morgan fingerprint density at radius 2 is 2.22 bits per heavy atom. The van der Waals surface area contributed by atoms with Gasteiger partial charge in [-0.05, 0) is 39.3 Å². The molecule has 0 radical (unpaired) electrons. The van der Waals surface area contributed by atoms with Gasteiger partial charge in [-0.15, -0.1) is 0 Å². The van der Waals surface area contributed by atoms with Crippen LogP contribution in [0.3, 0.4) is 0 Å². The van der Waals surface area contributed by atoms with E-state index in [-0.39, 0.29) is 23.9 Å². The third-order valence-corrected chi connectivity index (χ3v) is 3.20. The third-order valence-electron chi connectivity index (χ3n) is 3.20. The molecule has 0 bridgehead atoms. The summed E-state index contributed by atoms with van der Waals surface area (Å²) in [6, 6.07) is 7.42. The van der Waals surface area contributed by atoms with Crippen molar-refractivity contribution in [2.75, 3.05) is 6.61 Å². The van der Waals surface area contributed by atoms with Gasteiger partial charge in [0.1, 0.15) is 5.75 Å². The summed E-state index contributed by atoms with van der Waals surface area (Å²) in [5, 5.41) is 0. The molecule has 18 heavy (non-hydrogen) atoms. The number of carbonyl (C=O) groups excluding carboxylic acids is 1. The number of rotatable bonds is 4. The van der Waals surface area contributed by atoms with Crippen LogP contribution >= 0.6 is 0 Å². The van der Waals surface area contributed by atoms with Crippen molar-refractivity contribution < 1.29 is 14.3 Å². The standard InChI is InChI=1S/C15H20O3/c1-10(2)18-13-6-4-5-12(9-13)15(16)14-7-8-17-11(14)3/h4-6,9-11,14H,7-8H2,1-3H3. The number of ether oxygens (including phenoxy) is 2. The molecule has 3 nitrogen and oxygen atoms in total. The lowest BCUT2D eigenvalue weighted by Gasteiger charge is -2.14. The zero-order valence-electron chi connectivity index (χ0n) is 11.2. The van der Waals surface area contributed by atoms with Crippen LogP contribution in [0, 0.1) is 5.92 Å². The van der Waals surface area contributed by atoms with Gasteiger partial charge in [0, 0.05) is 12.2 Å². The highest BCUT2D eigenvalue weighted by atomic mass is 16.5. The summed E-state index contributed by atoms with van der Waals surface area (Å²) in [6.45, 7) is 6.59. The molecule has 0 N–H and O–H groups in total. The second-order valence-electron chi connectivity index (χ2n) is 5.03. The zero-order chi connectivity index (χ0) is 13.1. The van der Waals surface area contributed by atoms with E-state index in [0.29, 0.717) is 6.61 Å². The topological polar surface area (TPSA) is 35.5 Å². The molecular weight excluding hydrogens is 228 g/mol. The summed E-state index contributed by atoms with van der Waals surface area (Å²) in [5.41, 5.74) is 0.718. The predicted molar refractivity (Wildman–Crippen MR) is 70.1 cm³/mol. The van der Waals surface area contributed by atoms with E-state index in [1.54, 1.807) is 0 Å². The Balaban J connectivity index is 2.15. The van der Waals surface area contributed by atoms with Crippen LogP contribution in [0.1, 0.15) is 37.6 Å². The van der Waals surface area contributed by atoms with Gasteiger partial charge in [-0.25, -0.2) is 0 Å². The van der Waals surface area contributed by atoms with Crippen molar-refractivity contribution in [2.45, 2.75) is 39.4 Å². The molecule has 1 aliphatic heterocycles. The second kappa shape index (κ2) is 5.53. The van der Waals surface area contributed by atoms with Crippen LogP contribution in [0.25, 0.3) is 0 Å². The molecule has 1 fully saturated rings. The fourth-order valence-corrected chi connectivity index (χ4v) is 2.28. The SMILES string of the molecule is CC(C)Oc1cccc(C(=O)C2CCOC2C)c1. The summed E-state index contributed by atoms with van der Waals surface area (Å²) in [5.74, 6) is 0.899. The number of carbonyl (C=O) groups is 1. The highest BCUT2D eigenvalue weighted by Crippen LogP contribution is 2.26. The lowest BCUT2D eigenvalue weighted by Crippen LogP contribution is -2.21. The average molecular weight is 248 g/mol. The molecule has 2 unspecified atom stereocenters. The van der Waals surface area contributed by atoms with Crippen molar-refractivity contribution in [1.82, 2.24) is 0 Å².